The van der Waals surface area contributed by atoms with E-state index in [1.165, 1.54) is 0 Å². The lowest BCUT2D eigenvalue weighted by Crippen LogP contribution is -2.38. The average Bonchev–Trinajstić information content (AvgIpc) is 3.25. The van der Waals surface area contributed by atoms with E-state index in [0.717, 1.165) is 24.9 Å². The minimum atomic E-state index is -0.0647. The summed E-state index contributed by atoms with van der Waals surface area (Å²) in [6, 6.07) is 5.72. The fourth-order valence-corrected chi connectivity index (χ4v) is 3.63. The van der Waals surface area contributed by atoms with Crippen LogP contribution in [0, 0.1) is 6.92 Å². The van der Waals surface area contributed by atoms with Gasteiger partial charge in [-0.05, 0) is 37.5 Å². The molecule has 3 aromatic heterocycles. The Labute approximate surface area is 144 Å². The molecule has 0 saturated carbocycles. The molecule has 1 amide bonds. The third-order valence-corrected chi connectivity index (χ3v) is 4.75. The molecule has 1 aliphatic rings. The molecular weight excluding hydrogens is 326 g/mol. The fourth-order valence-electron chi connectivity index (χ4n) is 3.37. The number of aryl methyl sites for hydroxylation is 1. The van der Waals surface area contributed by atoms with Crippen molar-refractivity contribution in [1.82, 2.24) is 24.1 Å². The zero-order valence-electron chi connectivity index (χ0n) is 13.4. The number of nitrogens with zero attached hydrogens (tertiary/aromatic N) is 5. The number of likely N-dealkylation sites (tertiary alicyclic amines) is 1. The second-order valence-electron chi connectivity index (χ2n) is 6.21. The van der Waals surface area contributed by atoms with E-state index in [-0.39, 0.29) is 17.1 Å². The first-order chi connectivity index (χ1) is 11.6. The van der Waals surface area contributed by atoms with E-state index in [9.17, 15) is 4.79 Å². The van der Waals surface area contributed by atoms with Crippen molar-refractivity contribution in [3.05, 3.63) is 53.2 Å². The minimum absolute atomic E-state index is 0.0647. The number of hydrogen-bond acceptors (Lipinski definition) is 3. The number of hydrogen-bond donors (Lipinski definition) is 0. The average molecular weight is 344 g/mol. The van der Waals surface area contributed by atoms with Gasteiger partial charge in [0.15, 0.2) is 10.8 Å². The Morgan fingerprint density at radius 1 is 1.42 bits per heavy atom. The molecule has 6 nitrogen and oxygen atoms in total. The lowest BCUT2D eigenvalue weighted by Gasteiger charge is -2.24. The van der Waals surface area contributed by atoms with Gasteiger partial charge in [-0.15, -0.1) is 0 Å². The Hall–Kier alpha value is -2.34. The summed E-state index contributed by atoms with van der Waals surface area (Å²) in [6.45, 7) is 3.45. The summed E-state index contributed by atoms with van der Waals surface area (Å²) in [6.07, 6.45) is 7.62. The Morgan fingerprint density at radius 2 is 2.29 bits per heavy atom. The minimum Gasteiger partial charge on any atom is -0.332 e. The Kier molecular flexibility index (Phi) is 3.76. The number of pyridine rings is 1. The number of imidazole rings is 1. The van der Waals surface area contributed by atoms with E-state index < -0.39 is 0 Å². The first-order valence-corrected chi connectivity index (χ1v) is 8.44. The summed E-state index contributed by atoms with van der Waals surface area (Å²) in [5.41, 5.74) is 2.25. The predicted octanol–water partition coefficient (Wildman–Crippen LogP) is 2.80. The van der Waals surface area contributed by atoms with Gasteiger partial charge in [-0.2, -0.15) is 5.10 Å². The first kappa shape index (κ1) is 15.2. The van der Waals surface area contributed by atoms with E-state index >= 15 is 0 Å². The van der Waals surface area contributed by atoms with E-state index in [1.807, 2.05) is 53.3 Å². The van der Waals surface area contributed by atoms with Crippen molar-refractivity contribution < 1.29 is 4.79 Å². The van der Waals surface area contributed by atoms with Crippen LogP contribution in [0.5, 0.6) is 0 Å². The van der Waals surface area contributed by atoms with Gasteiger partial charge in [0.25, 0.3) is 5.91 Å². The van der Waals surface area contributed by atoms with Crippen molar-refractivity contribution in [2.75, 3.05) is 6.54 Å². The largest absolute Gasteiger partial charge is 0.332 e. The third kappa shape index (κ3) is 2.57. The van der Waals surface area contributed by atoms with Crippen molar-refractivity contribution in [2.24, 2.45) is 0 Å². The van der Waals surface area contributed by atoms with Crippen LogP contribution in [0.25, 0.3) is 5.65 Å². The van der Waals surface area contributed by atoms with Gasteiger partial charge < -0.3 is 4.90 Å². The highest BCUT2D eigenvalue weighted by molar-refractivity contribution is 6.32. The van der Waals surface area contributed by atoms with Crippen LogP contribution >= 0.6 is 11.6 Å². The molecule has 124 valence electrons. The van der Waals surface area contributed by atoms with Gasteiger partial charge in [-0.3, -0.25) is 13.9 Å². The molecule has 0 radical (unpaired) electrons. The van der Waals surface area contributed by atoms with E-state index in [2.05, 4.69) is 10.1 Å². The highest BCUT2D eigenvalue weighted by Gasteiger charge is 2.32. The third-order valence-electron chi connectivity index (χ3n) is 4.49. The molecule has 0 aliphatic carbocycles. The van der Waals surface area contributed by atoms with E-state index in [1.54, 1.807) is 4.40 Å². The number of fused-ring (bicyclic) bond motifs is 1. The van der Waals surface area contributed by atoms with Crippen LogP contribution in [0.1, 0.15) is 28.9 Å². The van der Waals surface area contributed by atoms with Crippen LogP contribution in [0.3, 0.4) is 0 Å². The van der Waals surface area contributed by atoms with Gasteiger partial charge in [-0.25, -0.2) is 4.98 Å². The van der Waals surface area contributed by atoms with Crippen LogP contribution in [0.4, 0.5) is 0 Å². The summed E-state index contributed by atoms with van der Waals surface area (Å²) in [5.74, 6) is -0.0647. The number of aromatic nitrogens is 4. The Balaban J connectivity index is 1.63. The molecule has 0 spiro atoms. The SMILES string of the molecule is Cc1cnn(C[C@@H]2CCCN2C(=O)c2c(Cl)nc3ccccn23)c1. The molecule has 1 aliphatic heterocycles. The highest BCUT2D eigenvalue weighted by atomic mass is 35.5. The summed E-state index contributed by atoms with van der Waals surface area (Å²) >= 11 is 6.26. The van der Waals surface area contributed by atoms with Gasteiger partial charge in [0, 0.05) is 18.9 Å². The highest BCUT2D eigenvalue weighted by Crippen LogP contribution is 2.25. The number of rotatable bonds is 3. The molecule has 0 unspecified atom stereocenters. The zero-order chi connectivity index (χ0) is 16.7. The van der Waals surface area contributed by atoms with Crippen LogP contribution in [0.2, 0.25) is 5.15 Å². The summed E-state index contributed by atoms with van der Waals surface area (Å²) in [7, 11) is 0. The van der Waals surface area contributed by atoms with Crippen molar-refractivity contribution in [3.63, 3.8) is 0 Å². The lowest BCUT2D eigenvalue weighted by atomic mass is 10.2. The summed E-state index contributed by atoms with van der Waals surface area (Å²) < 4.78 is 3.67. The standard InChI is InChI=1S/C17H18ClN5O/c1-12-9-19-21(10-12)11-13-5-4-8-22(13)17(24)15-16(18)20-14-6-2-3-7-23(14)15/h2-3,6-7,9-10,13H,4-5,8,11H2,1H3/t13-/m0/s1. The van der Waals surface area contributed by atoms with Crippen LogP contribution < -0.4 is 0 Å². The molecule has 0 bridgehead atoms. The van der Waals surface area contributed by atoms with Gasteiger partial charge in [-0.1, -0.05) is 17.7 Å². The maximum atomic E-state index is 13.1. The lowest BCUT2D eigenvalue weighted by molar-refractivity contribution is 0.0715. The number of halogens is 1. The second kappa shape index (κ2) is 5.94. The van der Waals surface area contributed by atoms with E-state index in [0.29, 0.717) is 17.9 Å². The molecule has 0 aromatic carbocycles. The normalized spacial score (nSPS) is 17.8. The smallest absolute Gasteiger partial charge is 0.274 e. The summed E-state index contributed by atoms with van der Waals surface area (Å²) in [5, 5.41) is 4.59. The molecule has 7 heteroatoms. The molecular formula is C17H18ClN5O. The molecule has 0 N–H and O–H groups in total. The second-order valence-corrected chi connectivity index (χ2v) is 6.57. The number of carbonyl (C=O) groups is 1. The van der Waals surface area contributed by atoms with Crippen molar-refractivity contribution in [1.29, 1.82) is 0 Å². The van der Waals surface area contributed by atoms with Gasteiger partial charge in [0.2, 0.25) is 0 Å². The Bertz CT molecular complexity index is 899. The van der Waals surface area contributed by atoms with Gasteiger partial charge >= 0.3 is 0 Å². The predicted molar refractivity (Wildman–Crippen MR) is 91.2 cm³/mol. The first-order valence-electron chi connectivity index (χ1n) is 8.06. The topological polar surface area (TPSA) is 55.4 Å². The van der Waals surface area contributed by atoms with Crippen molar-refractivity contribution in [2.45, 2.75) is 32.4 Å². The van der Waals surface area contributed by atoms with Crippen LogP contribution in [-0.2, 0) is 6.54 Å². The fraction of sp³-hybridized carbons (Fsp3) is 0.353. The monoisotopic (exact) mass is 343 g/mol. The molecule has 4 heterocycles. The molecule has 24 heavy (non-hydrogen) atoms. The Morgan fingerprint density at radius 3 is 3.08 bits per heavy atom. The number of carbonyl (C=O) groups excluding carboxylic acids is 1. The molecule has 1 atom stereocenters. The van der Waals surface area contributed by atoms with Crippen LogP contribution in [0.15, 0.2) is 36.8 Å². The van der Waals surface area contributed by atoms with Crippen molar-refractivity contribution in [3.8, 4) is 0 Å². The molecule has 4 rings (SSSR count). The van der Waals surface area contributed by atoms with Crippen molar-refractivity contribution >= 4 is 23.2 Å². The quantitative estimate of drug-likeness (QED) is 0.734. The summed E-state index contributed by atoms with van der Waals surface area (Å²) in [4.78, 5) is 19.3. The molecule has 1 fully saturated rings. The molecule has 1 saturated heterocycles. The molecule has 3 aromatic rings. The number of amides is 1. The zero-order valence-corrected chi connectivity index (χ0v) is 14.1. The van der Waals surface area contributed by atoms with Gasteiger partial charge in [0.05, 0.1) is 18.8 Å². The van der Waals surface area contributed by atoms with Crippen LogP contribution in [-0.4, -0.2) is 42.6 Å². The van der Waals surface area contributed by atoms with E-state index in [4.69, 9.17) is 11.6 Å². The maximum Gasteiger partial charge on any atom is 0.274 e. The van der Waals surface area contributed by atoms with Gasteiger partial charge in [0.1, 0.15) is 5.65 Å². The maximum absolute atomic E-state index is 13.1.